The number of rotatable bonds is 2. The highest BCUT2D eigenvalue weighted by atomic mass is 79.9. The van der Waals surface area contributed by atoms with Gasteiger partial charge in [-0.3, -0.25) is 0 Å². The first-order valence-corrected chi connectivity index (χ1v) is 7.49. The van der Waals surface area contributed by atoms with E-state index in [9.17, 15) is 5.11 Å². The van der Waals surface area contributed by atoms with Crippen molar-refractivity contribution in [2.75, 3.05) is 19.8 Å². The second-order valence-corrected chi connectivity index (χ2v) is 6.10. The Morgan fingerprint density at radius 2 is 1.95 bits per heavy atom. The van der Waals surface area contributed by atoms with E-state index in [1.165, 1.54) is 0 Å². The Kier molecular flexibility index (Phi) is 3.35. The highest BCUT2D eigenvalue weighted by Gasteiger charge is 2.38. The van der Waals surface area contributed by atoms with Crippen molar-refractivity contribution in [3.8, 4) is 17.2 Å². The summed E-state index contributed by atoms with van der Waals surface area (Å²) in [6.07, 6.45) is 4.34. The summed E-state index contributed by atoms with van der Waals surface area (Å²) in [6, 6.07) is 1.91. The van der Waals surface area contributed by atoms with Gasteiger partial charge in [-0.25, -0.2) is 0 Å². The molecule has 3 N–H and O–H groups in total. The summed E-state index contributed by atoms with van der Waals surface area (Å²) in [5, 5.41) is 10.5. The molecule has 0 amide bonds. The largest absolute Gasteiger partial charge is 0.506 e. The zero-order valence-electron chi connectivity index (χ0n) is 10.7. The molecule has 0 bridgehead atoms. The molecule has 0 radical (unpaired) electrons. The summed E-state index contributed by atoms with van der Waals surface area (Å²) < 4.78 is 11.8. The maximum absolute atomic E-state index is 10.5. The third-order valence-corrected chi connectivity index (χ3v) is 5.01. The zero-order valence-corrected chi connectivity index (χ0v) is 12.3. The van der Waals surface area contributed by atoms with Crippen molar-refractivity contribution in [3.05, 3.63) is 16.1 Å². The lowest BCUT2D eigenvalue weighted by Crippen LogP contribution is -2.32. The van der Waals surface area contributed by atoms with Crippen molar-refractivity contribution in [3.63, 3.8) is 0 Å². The molecule has 0 spiro atoms. The third kappa shape index (κ3) is 1.99. The number of hydrogen-bond acceptors (Lipinski definition) is 4. The summed E-state index contributed by atoms with van der Waals surface area (Å²) in [4.78, 5) is 0. The van der Waals surface area contributed by atoms with E-state index in [0.717, 1.165) is 31.2 Å². The van der Waals surface area contributed by atoms with Gasteiger partial charge in [-0.05, 0) is 34.8 Å². The minimum atomic E-state index is -0.123. The lowest BCUT2D eigenvalue weighted by Gasteiger charge is -2.31. The van der Waals surface area contributed by atoms with Crippen molar-refractivity contribution in [2.45, 2.75) is 31.1 Å². The van der Waals surface area contributed by atoms with Gasteiger partial charge >= 0.3 is 0 Å². The number of benzene rings is 1. The number of fused-ring (bicyclic) bond motifs is 1. The fourth-order valence-electron chi connectivity index (χ4n) is 3.18. The van der Waals surface area contributed by atoms with Crippen LogP contribution in [0.1, 0.15) is 31.2 Å². The molecule has 0 saturated heterocycles. The summed E-state index contributed by atoms with van der Waals surface area (Å²) >= 11 is 3.42. The standard InChI is InChI=1S/C14H18BrNO3/c15-11-12(17)9(14(8-16)3-1-2-4-14)7-10-13(11)19-6-5-18-10/h7,17H,1-6,8,16H2. The van der Waals surface area contributed by atoms with E-state index in [4.69, 9.17) is 15.2 Å². The molecule has 1 aromatic carbocycles. The van der Waals surface area contributed by atoms with Crippen LogP contribution < -0.4 is 15.2 Å². The molecule has 1 aliphatic heterocycles. The smallest absolute Gasteiger partial charge is 0.179 e. The second-order valence-electron chi connectivity index (χ2n) is 5.30. The zero-order chi connectivity index (χ0) is 13.5. The topological polar surface area (TPSA) is 64.7 Å². The van der Waals surface area contributed by atoms with Crippen molar-refractivity contribution in [1.82, 2.24) is 0 Å². The lowest BCUT2D eigenvalue weighted by molar-refractivity contribution is 0.168. The Hall–Kier alpha value is -0.940. The van der Waals surface area contributed by atoms with Crippen LogP contribution in [0.5, 0.6) is 17.2 Å². The molecule has 0 aromatic heterocycles. The van der Waals surface area contributed by atoms with Gasteiger partial charge in [-0.1, -0.05) is 12.8 Å². The van der Waals surface area contributed by atoms with Gasteiger partial charge in [0.05, 0.1) is 0 Å². The molecular weight excluding hydrogens is 310 g/mol. The number of phenolic OH excluding ortho intramolecular Hbond substituents is 1. The van der Waals surface area contributed by atoms with Crippen LogP contribution in [-0.4, -0.2) is 24.9 Å². The molecule has 5 heteroatoms. The Morgan fingerprint density at radius 1 is 1.26 bits per heavy atom. The molecule has 104 valence electrons. The fourth-order valence-corrected chi connectivity index (χ4v) is 3.70. The number of ether oxygens (including phenoxy) is 2. The van der Waals surface area contributed by atoms with E-state index in [1.54, 1.807) is 0 Å². The molecule has 1 fully saturated rings. The van der Waals surface area contributed by atoms with Gasteiger partial charge in [0.25, 0.3) is 0 Å². The average molecular weight is 328 g/mol. The van der Waals surface area contributed by atoms with Gasteiger partial charge in [0, 0.05) is 17.5 Å². The van der Waals surface area contributed by atoms with Gasteiger partial charge in [-0.2, -0.15) is 0 Å². The maximum atomic E-state index is 10.5. The molecule has 19 heavy (non-hydrogen) atoms. The predicted molar refractivity (Wildman–Crippen MR) is 76.0 cm³/mol. The Balaban J connectivity index is 2.13. The van der Waals surface area contributed by atoms with Crippen LogP contribution in [0.15, 0.2) is 10.5 Å². The summed E-state index contributed by atoms with van der Waals surface area (Å²) in [7, 11) is 0. The minimum Gasteiger partial charge on any atom is -0.506 e. The van der Waals surface area contributed by atoms with Crippen LogP contribution in [0.25, 0.3) is 0 Å². The summed E-state index contributed by atoms with van der Waals surface area (Å²) in [6.45, 7) is 1.60. The fraction of sp³-hybridized carbons (Fsp3) is 0.571. The Labute approximate surface area is 121 Å². The van der Waals surface area contributed by atoms with E-state index < -0.39 is 0 Å². The minimum absolute atomic E-state index is 0.123. The SMILES string of the molecule is NCC1(c2cc3c(c(Br)c2O)OCCO3)CCCC1. The van der Waals surface area contributed by atoms with Gasteiger partial charge in [0.2, 0.25) is 0 Å². The van der Waals surface area contributed by atoms with Crippen LogP contribution in [0.3, 0.4) is 0 Å². The normalized spacial score (nSPS) is 20.5. The second kappa shape index (κ2) is 4.87. The molecular formula is C14H18BrNO3. The number of nitrogens with two attached hydrogens (primary N) is 1. The molecule has 4 nitrogen and oxygen atoms in total. The van der Waals surface area contributed by atoms with Crippen molar-refractivity contribution >= 4 is 15.9 Å². The van der Waals surface area contributed by atoms with Crippen molar-refractivity contribution in [2.24, 2.45) is 5.73 Å². The highest BCUT2D eigenvalue weighted by Crippen LogP contribution is 2.52. The van der Waals surface area contributed by atoms with Crippen molar-refractivity contribution in [1.29, 1.82) is 0 Å². The number of hydrogen-bond donors (Lipinski definition) is 2. The number of phenols is 1. The molecule has 2 aliphatic rings. The van der Waals surface area contributed by atoms with Gasteiger partial charge in [0.1, 0.15) is 23.4 Å². The first-order valence-electron chi connectivity index (χ1n) is 6.69. The quantitative estimate of drug-likeness (QED) is 0.876. The van der Waals surface area contributed by atoms with Crippen molar-refractivity contribution < 1.29 is 14.6 Å². The van der Waals surface area contributed by atoms with Crippen LogP contribution in [0.4, 0.5) is 0 Å². The van der Waals surface area contributed by atoms with Gasteiger partial charge < -0.3 is 20.3 Å². The summed E-state index contributed by atoms with van der Waals surface area (Å²) in [5.41, 5.74) is 6.77. The van der Waals surface area contributed by atoms with Gasteiger partial charge in [-0.15, -0.1) is 0 Å². The summed E-state index contributed by atoms with van der Waals surface area (Å²) in [5.74, 6) is 1.54. The van der Waals surface area contributed by atoms with Crippen LogP contribution >= 0.6 is 15.9 Å². The molecule has 1 saturated carbocycles. The third-order valence-electron chi connectivity index (χ3n) is 4.27. The van der Waals surface area contributed by atoms with Gasteiger partial charge in [0.15, 0.2) is 11.5 Å². The monoisotopic (exact) mass is 327 g/mol. The van der Waals surface area contributed by atoms with E-state index in [-0.39, 0.29) is 11.2 Å². The Bertz CT molecular complexity index is 498. The predicted octanol–water partition coefficient (Wildman–Crippen LogP) is 2.70. The van der Waals surface area contributed by atoms with E-state index in [1.807, 2.05) is 6.07 Å². The Morgan fingerprint density at radius 3 is 2.63 bits per heavy atom. The van der Waals surface area contributed by atoms with Crippen LogP contribution in [0, 0.1) is 0 Å². The number of aromatic hydroxyl groups is 1. The first kappa shape index (κ1) is 13.1. The molecule has 1 aliphatic carbocycles. The maximum Gasteiger partial charge on any atom is 0.179 e. The first-order chi connectivity index (χ1) is 9.18. The number of halogens is 1. The van der Waals surface area contributed by atoms with E-state index >= 15 is 0 Å². The van der Waals surface area contributed by atoms with E-state index in [2.05, 4.69) is 15.9 Å². The lowest BCUT2D eigenvalue weighted by atomic mass is 9.78. The average Bonchev–Trinajstić information content (AvgIpc) is 2.93. The molecule has 3 rings (SSSR count). The molecule has 1 aromatic rings. The molecule has 0 unspecified atom stereocenters. The van der Waals surface area contributed by atoms with Crippen LogP contribution in [0.2, 0.25) is 0 Å². The molecule has 0 atom stereocenters. The highest BCUT2D eigenvalue weighted by molar-refractivity contribution is 9.10. The van der Waals surface area contributed by atoms with E-state index in [0.29, 0.717) is 35.7 Å². The van der Waals surface area contributed by atoms with Crippen LogP contribution in [-0.2, 0) is 5.41 Å². The molecule has 1 heterocycles.